The van der Waals surface area contributed by atoms with Gasteiger partial charge in [-0.1, -0.05) is 12.7 Å². The van der Waals surface area contributed by atoms with Gasteiger partial charge >= 0.3 is 6.09 Å². The SMILES string of the molecule is C=C1C=CC(=NC(=O)OCCN2CCN(C)CC2)C=C1N(O)c1cc(C)c(C)cc1N=O. The molecule has 32 heavy (non-hydrogen) atoms. The van der Waals surface area contributed by atoms with Crippen LogP contribution in [0.25, 0.3) is 0 Å². The van der Waals surface area contributed by atoms with Crippen LogP contribution in [0, 0.1) is 18.8 Å². The van der Waals surface area contributed by atoms with Crippen LogP contribution in [0.3, 0.4) is 0 Å². The molecular weight excluding hydrogens is 410 g/mol. The fourth-order valence-corrected chi connectivity index (χ4v) is 3.45. The van der Waals surface area contributed by atoms with Gasteiger partial charge in [0.2, 0.25) is 0 Å². The maximum Gasteiger partial charge on any atom is 0.434 e. The molecule has 0 unspecified atom stereocenters. The number of benzene rings is 1. The number of nitroso groups, excluding NO2 is 1. The number of piperazine rings is 1. The molecule has 1 fully saturated rings. The summed E-state index contributed by atoms with van der Waals surface area (Å²) in [5, 5.41) is 14.6. The van der Waals surface area contributed by atoms with Crippen molar-refractivity contribution >= 4 is 23.2 Å². The van der Waals surface area contributed by atoms with Gasteiger partial charge in [0.1, 0.15) is 12.3 Å². The van der Waals surface area contributed by atoms with Gasteiger partial charge in [0.05, 0.1) is 17.1 Å². The maximum absolute atomic E-state index is 12.2. The number of rotatable bonds is 6. The minimum absolute atomic E-state index is 0.0978. The summed E-state index contributed by atoms with van der Waals surface area (Å²) in [4.78, 5) is 31.9. The lowest BCUT2D eigenvalue weighted by molar-refractivity contribution is 0.109. The second kappa shape index (κ2) is 10.4. The van der Waals surface area contributed by atoms with Crippen LogP contribution in [0.1, 0.15) is 11.1 Å². The number of anilines is 1. The number of allylic oxidation sites excluding steroid dienone is 3. The molecule has 1 amide bonds. The Hall–Kier alpha value is -3.14. The Morgan fingerprint density at radius 1 is 1.19 bits per heavy atom. The zero-order valence-electron chi connectivity index (χ0n) is 18.7. The van der Waals surface area contributed by atoms with Gasteiger partial charge in [-0.3, -0.25) is 10.1 Å². The van der Waals surface area contributed by atoms with Crippen LogP contribution in [0.15, 0.2) is 58.4 Å². The number of hydrogen-bond acceptors (Lipinski definition) is 8. The van der Waals surface area contributed by atoms with Crippen LogP contribution in [-0.2, 0) is 4.74 Å². The van der Waals surface area contributed by atoms with E-state index in [9.17, 15) is 14.9 Å². The number of aryl methyl sites for hydroxylation is 2. The molecule has 2 aliphatic rings. The number of carbonyl (C=O) groups excluding carboxylic acids is 1. The topological polar surface area (TPSA) is 98.0 Å². The van der Waals surface area contributed by atoms with Crippen molar-refractivity contribution < 1.29 is 14.7 Å². The van der Waals surface area contributed by atoms with E-state index in [-0.39, 0.29) is 23.7 Å². The van der Waals surface area contributed by atoms with Gasteiger partial charge in [0.15, 0.2) is 0 Å². The third-order valence-corrected chi connectivity index (χ3v) is 5.66. The standard InChI is InChI=1S/C23H29N5O4/c1-16-5-6-19(24-23(29)32-12-11-27-9-7-26(4)8-10-27)15-21(16)28(31)22-14-18(3)17(2)13-20(22)25-30/h5-6,13-15,31H,1,7-12H2,2-4H3. The molecule has 1 aliphatic heterocycles. The van der Waals surface area contributed by atoms with E-state index in [4.69, 9.17) is 4.74 Å². The monoisotopic (exact) mass is 439 g/mol. The Morgan fingerprint density at radius 2 is 1.88 bits per heavy atom. The van der Waals surface area contributed by atoms with Crippen LogP contribution in [-0.4, -0.2) is 73.2 Å². The molecule has 0 spiro atoms. The summed E-state index contributed by atoms with van der Waals surface area (Å²) in [7, 11) is 2.09. The smallest absolute Gasteiger partial charge is 0.434 e. The molecule has 1 N–H and O–H groups in total. The average molecular weight is 440 g/mol. The number of hydrogen-bond donors (Lipinski definition) is 1. The largest absolute Gasteiger partial charge is 0.447 e. The summed E-state index contributed by atoms with van der Waals surface area (Å²) in [6.45, 7) is 12.5. The molecule has 0 radical (unpaired) electrons. The van der Waals surface area contributed by atoms with E-state index in [2.05, 4.69) is 33.6 Å². The Balaban J connectivity index is 1.67. The molecule has 3 rings (SSSR count). The minimum atomic E-state index is -0.701. The van der Waals surface area contributed by atoms with Crippen molar-refractivity contribution in [1.82, 2.24) is 9.80 Å². The van der Waals surface area contributed by atoms with E-state index in [1.807, 2.05) is 13.8 Å². The highest BCUT2D eigenvalue weighted by Gasteiger charge is 2.20. The van der Waals surface area contributed by atoms with E-state index in [1.54, 1.807) is 24.3 Å². The van der Waals surface area contributed by atoms with E-state index in [0.717, 1.165) is 42.4 Å². The van der Waals surface area contributed by atoms with Crippen molar-refractivity contribution in [2.75, 3.05) is 51.4 Å². The Kier molecular flexibility index (Phi) is 7.68. The van der Waals surface area contributed by atoms with Crippen molar-refractivity contribution in [3.63, 3.8) is 0 Å². The summed E-state index contributed by atoms with van der Waals surface area (Å²) in [5.74, 6) is 0. The molecule has 1 heterocycles. The lowest BCUT2D eigenvalue weighted by Gasteiger charge is -2.31. The second-order valence-corrected chi connectivity index (χ2v) is 8.01. The first-order chi connectivity index (χ1) is 15.3. The average Bonchev–Trinajstić information content (AvgIpc) is 2.77. The zero-order valence-corrected chi connectivity index (χ0v) is 18.7. The first-order valence-electron chi connectivity index (χ1n) is 10.5. The van der Waals surface area contributed by atoms with Crippen LogP contribution < -0.4 is 5.06 Å². The van der Waals surface area contributed by atoms with Crippen molar-refractivity contribution in [1.29, 1.82) is 0 Å². The highest BCUT2D eigenvalue weighted by molar-refractivity contribution is 6.11. The van der Waals surface area contributed by atoms with E-state index >= 15 is 0 Å². The molecule has 170 valence electrons. The highest BCUT2D eigenvalue weighted by atomic mass is 16.5. The number of aliphatic imine (C=N–C) groups is 1. The van der Waals surface area contributed by atoms with Gasteiger partial charge in [0.25, 0.3) is 0 Å². The van der Waals surface area contributed by atoms with Gasteiger partial charge in [0, 0.05) is 32.7 Å². The van der Waals surface area contributed by atoms with Crippen molar-refractivity contribution in [3.8, 4) is 0 Å². The first kappa shape index (κ1) is 23.5. The summed E-state index contributed by atoms with van der Waals surface area (Å²) < 4.78 is 5.25. The molecule has 1 saturated heterocycles. The van der Waals surface area contributed by atoms with Crippen LogP contribution in [0.5, 0.6) is 0 Å². The molecule has 0 aromatic heterocycles. The van der Waals surface area contributed by atoms with Gasteiger partial charge in [-0.05, 0) is 67.1 Å². The summed E-state index contributed by atoms with van der Waals surface area (Å²) in [6, 6.07) is 3.28. The summed E-state index contributed by atoms with van der Waals surface area (Å²) >= 11 is 0. The van der Waals surface area contributed by atoms with Crippen LogP contribution in [0.4, 0.5) is 16.2 Å². The fraction of sp³-hybridized carbons (Fsp3) is 0.391. The molecule has 0 bridgehead atoms. The number of carbonyl (C=O) groups is 1. The molecular formula is C23H29N5O4. The fourth-order valence-electron chi connectivity index (χ4n) is 3.45. The van der Waals surface area contributed by atoms with Crippen molar-refractivity contribution in [2.45, 2.75) is 13.8 Å². The Morgan fingerprint density at radius 3 is 2.56 bits per heavy atom. The maximum atomic E-state index is 12.2. The van der Waals surface area contributed by atoms with Crippen molar-refractivity contribution in [2.24, 2.45) is 10.2 Å². The number of amides is 1. The molecule has 0 saturated carbocycles. The van der Waals surface area contributed by atoms with Gasteiger partial charge in [-0.25, -0.2) is 9.86 Å². The first-order valence-corrected chi connectivity index (χ1v) is 10.5. The second-order valence-electron chi connectivity index (χ2n) is 8.01. The molecule has 1 aromatic carbocycles. The van der Waals surface area contributed by atoms with Gasteiger partial charge in [-0.2, -0.15) is 4.99 Å². The lowest BCUT2D eigenvalue weighted by atomic mass is 10.0. The van der Waals surface area contributed by atoms with Crippen LogP contribution in [0.2, 0.25) is 0 Å². The molecule has 9 heteroatoms. The Labute approximate surface area is 187 Å². The number of nitrogens with zero attached hydrogens (tertiary/aromatic N) is 5. The lowest BCUT2D eigenvalue weighted by Crippen LogP contribution is -2.45. The molecule has 9 nitrogen and oxygen atoms in total. The minimum Gasteiger partial charge on any atom is -0.447 e. The zero-order chi connectivity index (χ0) is 23.3. The number of ether oxygens (including phenoxy) is 1. The van der Waals surface area contributed by atoms with Gasteiger partial charge < -0.3 is 9.64 Å². The van der Waals surface area contributed by atoms with E-state index in [0.29, 0.717) is 17.8 Å². The predicted octanol–water partition coefficient (Wildman–Crippen LogP) is 3.73. The number of likely N-dealkylation sites (N-methyl/N-ethyl adjacent to an activating group) is 1. The Bertz CT molecular complexity index is 990. The highest BCUT2D eigenvalue weighted by Crippen LogP contribution is 2.34. The van der Waals surface area contributed by atoms with Crippen molar-refractivity contribution in [3.05, 3.63) is 64.2 Å². The molecule has 1 aliphatic carbocycles. The predicted molar refractivity (Wildman–Crippen MR) is 125 cm³/mol. The number of hydroxylamine groups is 1. The van der Waals surface area contributed by atoms with E-state index in [1.165, 1.54) is 6.08 Å². The molecule has 0 atom stereocenters. The van der Waals surface area contributed by atoms with Crippen LogP contribution >= 0.6 is 0 Å². The van der Waals surface area contributed by atoms with E-state index < -0.39 is 6.09 Å². The third kappa shape index (κ3) is 5.76. The summed E-state index contributed by atoms with van der Waals surface area (Å²) in [5.41, 5.74) is 3.17. The third-order valence-electron chi connectivity index (χ3n) is 5.66. The summed E-state index contributed by atoms with van der Waals surface area (Å²) in [6.07, 6.45) is 4.05. The quantitative estimate of drug-likeness (QED) is 0.533. The normalized spacial score (nSPS) is 18.6. The molecule has 1 aromatic rings. The van der Waals surface area contributed by atoms with Gasteiger partial charge in [-0.15, -0.1) is 4.91 Å².